The van der Waals surface area contributed by atoms with Crippen LogP contribution in [-0.4, -0.2) is 76.8 Å². The van der Waals surface area contributed by atoms with Crippen molar-refractivity contribution >= 4 is 5.78 Å². The second kappa shape index (κ2) is 6.69. The Morgan fingerprint density at radius 1 is 1.10 bits per heavy atom. The van der Waals surface area contributed by atoms with Crippen LogP contribution in [0.4, 0.5) is 0 Å². The summed E-state index contributed by atoms with van der Waals surface area (Å²) in [6, 6.07) is 4.01. The van der Waals surface area contributed by atoms with Crippen molar-refractivity contribution in [2.45, 2.75) is 0 Å². The van der Waals surface area contributed by atoms with E-state index in [1.165, 1.54) is 18.2 Å². The molecule has 3 N–H and O–H groups in total. The van der Waals surface area contributed by atoms with E-state index in [-0.39, 0.29) is 36.0 Å². The van der Waals surface area contributed by atoms with Crippen molar-refractivity contribution < 1.29 is 20.1 Å². The number of phenolic OH excluding ortho intramolecular Hbond substituents is 2. The van der Waals surface area contributed by atoms with Gasteiger partial charge in [-0.05, 0) is 12.1 Å². The van der Waals surface area contributed by atoms with Gasteiger partial charge in [-0.3, -0.25) is 14.6 Å². The number of benzene rings is 1. The molecule has 2 rings (SSSR count). The summed E-state index contributed by atoms with van der Waals surface area (Å²) in [6.45, 7) is 4.27. The van der Waals surface area contributed by atoms with Gasteiger partial charge in [0.2, 0.25) is 0 Å². The highest BCUT2D eigenvalue weighted by Crippen LogP contribution is 2.23. The maximum absolute atomic E-state index is 12.1. The molecule has 0 spiro atoms. The normalized spacial score (nSPS) is 17.2. The largest absolute Gasteiger partial charge is 0.508 e. The molecule has 6 nitrogen and oxygen atoms in total. The summed E-state index contributed by atoms with van der Waals surface area (Å²) in [7, 11) is 0. The van der Waals surface area contributed by atoms with Crippen molar-refractivity contribution in [1.82, 2.24) is 9.80 Å². The van der Waals surface area contributed by atoms with Crippen LogP contribution in [0.25, 0.3) is 0 Å². The number of hydrogen-bond donors (Lipinski definition) is 3. The fourth-order valence-corrected chi connectivity index (χ4v) is 2.36. The van der Waals surface area contributed by atoms with Gasteiger partial charge in [-0.25, -0.2) is 0 Å². The maximum atomic E-state index is 12.1. The van der Waals surface area contributed by atoms with Crippen LogP contribution in [0.1, 0.15) is 10.4 Å². The quantitative estimate of drug-likeness (QED) is 0.653. The predicted octanol–water partition coefficient (Wildman–Crippen LogP) is -0.110. The molecule has 1 heterocycles. The Morgan fingerprint density at radius 3 is 2.35 bits per heavy atom. The Kier molecular flexibility index (Phi) is 4.94. The van der Waals surface area contributed by atoms with Gasteiger partial charge in [-0.15, -0.1) is 0 Å². The molecule has 110 valence electrons. The summed E-state index contributed by atoms with van der Waals surface area (Å²) >= 11 is 0. The number of aliphatic hydroxyl groups is 1. The Hall–Kier alpha value is -1.63. The molecule has 0 atom stereocenters. The number of piperazine rings is 1. The monoisotopic (exact) mass is 280 g/mol. The zero-order valence-corrected chi connectivity index (χ0v) is 11.3. The minimum atomic E-state index is -0.186. The number of Topliss-reactive ketones (excluding diaryl/α,β-unsaturated/α-hetero) is 1. The average Bonchev–Trinajstić information content (AvgIpc) is 2.41. The summed E-state index contributed by atoms with van der Waals surface area (Å²) < 4.78 is 0. The molecule has 0 aliphatic carbocycles. The van der Waals surface area contributed by atoms with E-state index in [1.807, 2.05) is 4.90 Å². The molecule has 0 bridgehead atoms. The van der Waals surface area contributed by atoms with Crippen LogP contribution in [-0.2, 0) is 0 Å². The molecular formula is C14H20N2O4. The number of carbonyl (C=O) groups excluding carboxylic acids is 1. The van der Waals surface area contributed by atoms with Crippen LogP contribution in [0.2, 0.25) is 0 Å². The summed E-state index contributed by atoms with van der Waals surface area (Å²) in [5.74, 6) is -0.399. The fraction of sp³-hybridized carbons (Fsp3) is 0.500. The zero-order chi connectivity index (χ0) is 14.5. The third kappa shape index (κ3) is 3.69. The molecule has 1 aliphatic heterocycles. The van der Waals surface area contributed by atoms with Gasteiger partial charge in [-0.1, -0.05) is 0 Å². The molecule has 0 radical (unpaired) electrons. The minimum Gasteiger partial charge on any atom is -0.508 e. The number of ketones is 1. The third-order valence-corrected chi connectivity index (χ3v) is 3.53. The van der Waals surface area contributed by atoms with Crippen LogP contribution in [0.3, 0.4) is 0 Å². The van der Waals surface area contributed by atoms with E-state index in [2.05, 4.69) is 4.90 Å². The number of β-amino-alcohol motifs (C(OH)–C–C–N with tert-alkyl or cyclic N) is 1. The second-order valence-corrected chi connectivity index (χ2v) is 4.97. The first-order valence-electron chi connectivity index (χ1n) is 6.71. The van der Waals surface area contributed by atoms with Gasteiger partial charge < -0.3 is 15.3 Å². The summed E-state index contributed by atoms with van der Waals surface area (Å²) in [5, 5.41) is 27.8. The van der Waals surface area contributed by atoms with Gasteiger partial charge in [0.15, 0.2) is 5.78 Å². The van der Waals surface area contributed by atoms with Gasteiger partial charge in [0.1, 0.15) is 11.5 Å². The Bertz CT molecular complexity index is 470. The van der Waals surface area contributed by atoms with Gasteiger partial charge in [0.05, 0.1) is 18.7 Å². The lowest BCUT2D eigenvalue weighted by Crippen LogP contribution is -2.48. The van der Waals surface area contributed by atoms with E-state index in [1.54, 1.807) is 0 Å². The van der Waals surface area contributed by atoms with Crippen molar-refractivity contribution in [3.8, 4) is 11.5 Å². The minimum absolute atomic E-state index is 0.0586. The van der Waals surface area contributed by atoms with E-state index in [0.717, 1.165) is 26.2 Å². The van der Waals surface area contributed by atoms with Crippen molar-refractivity contribution in [3.63, 3.8) is 0 Å². The van der Waals surface area contributed by atoms with Gasteiger partial charge in [0, 0.05) is 38.8 Å². The zero-order valence-electron chi connectivity index (χ0n) is 11.3. The number of hydrogen-bond acceptors (Lipinski definition) is 6. The molecule has 1 fully saturated rings. The van der Waals surface area contributed by atoms with Crippen molar-refractivity contribution in [2.75, 3.05) is 45.9 Å². The standard InChI is InChI=1S/C14H20N2O4/c17-8-7-15-3-5-16(6-4-15)10-14(20)12-2-1-11(18)9-13(12)19/h1-2,9,17-19H,3-8,10H2. The van der Waals surface area contributed by atoms with E-state index >= 15 is 0 Å². The van der Waals surface area contributed by atoms with Crippen molar-refractivity contribution in [3.05, 3.63) is 23.8 Å². The molecule has 1 aromatic rings. The van der Waals surface area contributed by atoms with E-state index in [4.69, 9.17) is 5.11 Å². The molecule has 20 heavy (non-hydrogen) atoms. The predicted molar refractivity (Wildman–Crippen MR) is 74.1 cm³/mol. The lowest BCUT2D eigenvalue weighted by atomic mass is 10.1. The highest BCUT2D eigenvalue weighted by Gasteiger charge is 2.20. The molecule has 6 heteroatoms. The third-order valence-electron chi connectivity index (χ3n) is 3.53. The number of phenols is 2. The van der Waals surface area contributed by atoms with Crippen molar-refractivity contribution in [2.24, 2.45) is 0 Å². The first-order chi connectivity index (χ1) is 9.60. The highest BCUT2D eigenvalue weighted by molar-refractivity contribution is 6.00. The van der Waals surface area contributed by atoms with Crippen LogP contribution in [0.15, 0.2) is 18.2 Å². The smallest absolute Gasteiger partial charge is 0.180 e. The van der Waals surface area contributed by atoms with Crippen LogP contribution >= 0.6 is 0 Å². The number of aromatic hydroxyl groups is 2. The second-order valence-electron chi connectivity index (χ2n) is 4.97. The molecule has 1 saturated heterocycles. The number of carbonyl (C=O) groups is 1. The molecule has 1 aliphatic rings. The van der Waals surface area contributed by atoms with Crippen molar-refractivity contribution in [1.29, 1.82) is 0 Å². The number of rotatable bonds is 5. The highest BCUT2D eigenvalue weighted by atomic mass is 16.3. The lowest BCUT2D eigenvalue weighted by molar-refractivity contribution is 0.0820. The fourth-order valence-electron chi connectivity index (χ4n) is 2.36. The molecule has 0 unspecified atom stereocenters. The Morgan fingerprint density at radius 2 is 1.75 bits per heavy atom. The SMILES string of the molecule is O=C(CN1CCN(CCO)CC1)c1ccc(O)cc1O. The van der Waals surface area contributed by atoms with E-state index in [0.29, 0.717) is 6.54 Å². The van der Waals surface area contributed by atoms with Gasteiger partial charge in [-0.2, -0.15) is 0 Å². The summed E-state index contributed by atoms with van der Waals surface area (Å²) in [6.07, 6.45) is 0. The average molecular weight is 280 g/mol. The van der Waals surface area contributed by atoms with Crippen LogP contribution in [0, 0.1) is 0 Å². The van der Waals surface area contributed by atoms with Crippen LogP contribution in [0.5, 0.6) is 11.5 Å². The topological polar surface area (TPSA) is 84.2 Å². The molecule has 0 amide bonds. The van der Waals surface area contributed by atoms with E-state index in [9.17, 15) is 15.0 Å². The number of aliphatic hydroxyl groups excluding tert-OH is 1. The molecule has 0 saturated carbocycles. The Labute approximate surface area is 117 Å². The first kappa shape index (κ1) is 14.8. The summed E-state index contributed by atoms with van der Waals surface area (Å²) in [4.78, 5) is 16.3. The molecule has 0 aromatic heterocycles. The summed E-state index contributed by atoms with van der Waals surface area (Å²) in [5.41, 5.74) is 0.237. The lowest BCUT2D eigenvalue weighted by Gasteiger charge is -2.33. The molecular weight excluding hydrogens is 260 g/mol. The number of nitrogens with zero attached hydrogens (tertiary/aromatic N) is 2. The van der Waals surface area contributed by atoms with E-state index < -0.39 is 0 Å². The Balaban J connectivity index is 1.89. The van der Waals surface area contributed by atoms with Gasteiger partial charge >= 0.3 is 0 Å². The first-order valence-corrected chi connectivity index (χ1v) is 6.71. The van der Waals surface area contributed by atoms with Gasteiger partial charge in [0.25, 0.3) is 0 Å². The van der Waals surface area contributed by atoms with Crippen LogP contribution < -0.4 is 0 Å². The maximum Gasteiger partial charge on any atom is 0.180 e. The molecule has 1 aromatic carbocycles.